The van der Waals surface area contributed by atoms with Crippen molar-refractivity contribution < 1.29 is 0 Å². The van der Waals surface area contributed by atoms with E-state index in [1.165, 1.54) is 50.6 Å². The lowest BCUT2D eigenvalue weighted by molar-refractivity contribution is 0.696. The van der Waals surface area contributed by atoms with Crippen LogP contribution in [-0.2, 0) is 0 Å². The topological polar surface area (TPSA) is 0 Å². The first-order valence-corrected chi connectivity index (χ1v) is 11.0. The van der Waals surface area contributed by atoms with Gasteiger partial charge in [-0.05, 0) is 12.1 Å². The first kappa shape index (κ1) is 13.7. The van der Waals surface area contributed by atoms with Crippen LogP contribution in [0.3, 0.4) is 0 Å². The summed E-state index contributed by atoms with van der Waals surface area (Å²) in [5.41, 5.74) is 0. The molecule has 0 rings (SSSR count). The van der Waals surface area contributed by atoms with Gasteiger partial charge in [0.15, 0.2) is 0 Å². The third-order valence-corrected chi connectivity index (χ3v) is 7.77. The highest BCUT2D eigenvalue weighted by atomic mass is 79.9. The quantitative estimate of drug-likeness (QED) is 0.316. The van der Waals surface area contributed by atoms with Crippen molar-refractivity contribution in [3.63, 3.8) is 0 Å². The van der Waals surface area contributed by atoms with Crippen LogP contribution in [0.25, 0.3) is 0 Å². The molecule has 0 aromatic carbocycles. The first-order valence-electron chi connectivity index (χ1n) is 5.81. The summed E-state index contributed by atoms with van der Waals surface area (Å²) in [6.45, 7) is 6.08. The predicted octanol–water partition coefficient (Wildman–Crippen LogP) is 5.34. The van der Waals surface area contributed by atoms with Crippen LogP contribution in [-0.4, -0.2) is 6.69 Å². The van der Waals surface area contributed by atoms with Crippen molar-refractivity contribution in [1.82, 2.24) is 0 Å². The van der Waals surface area contributed by atoms with Crippen molar-refractivity contribution >= 4 is 22.0 Å². The van der Waals surface area contributed by atoms with Crippen molar-refractivity contribution in [3.8, 4) is 0 Å². The summed E-state index contributed by atoms with van der Waals surface area (Å²) in [7, 11) is 0. The van der Waals surface area contributed by atoms with E-state index < -0.39 is 6.69 Å². The van der Waals surface area contributed by atoms with Gasteiger partial charge in [0.1, 0.15) is 6.69 Å². The number of unbranched alkanes of at least 4 members (excludes halogenated alkanes) is 4. The van der Waals surface area contributed by atoms with Crippen molar-refractivity contribution in [2.24, 2.45) is 0 Å². The van der Waals surface area contributed by atoms with Gasteiger partial charge in [0.25, 0.3) is 0 Å². The molecule has 0 aliphatic rings. The molecule has 0 aliphatic carbocycles. The summed E-state index contributed by atoms with van der Waals surface area (Å²) >= 11 is 3.97. The average molecular weight is 265 g/mol. The van der Waals surface area contributed by atoms with E-state index in [4.69, 9.17) is 0 Å². The van der Waals surface area contributed by atoms with Crippen LogP contribution in [0.5, 0.6) is 0 Å². The van der Waals surface area contributed by atoms with Crippen molar-refractivity contribution in [2.45, 2.75) is 71.0 Å². The Morgan fingerprint density at radius 1 is 0.846 bits per heavy atom. The van der Waals surface area contributed by atoms with Crippen LogP contribution < -0.4 is 0 Å². The molecule has 0 fully saturated rings. The second kappa shape index (κ2) is 8.04. The number of halogens is 1. The predicted molar refractivity (Wildman–Crippen MR) is 69.2 cm³/mol. The molecule has 0 saturated carbocycles. The Bertz CT molecular complexity index is 113. The van der Waals surface area contributed by atoms with Crippen molar-refractivity contribution in [2.75, 3.05) is 0 Å². The van der Waals surface area contributed by atoms with E-state index in [9.17, 15) is 0 Å². The average Bonchev–Trinajstić information content (AvgIpc) is 2.09. The smallest absolute Gasteiger partial charge is 0.126 e. The second-order valence-electron chi connectivity index (χ2n) is 4.33. The van der Waals surface area contributed by atoms with E-state index >= 15 is 0 Å². The largest absolute Gasteiger partial charge is 0.127 e. The molecule has 0 saturated heterocycles. The fourth-order valence-electron chi connectivity index (χ4n) is 1.59. The fourth-order valence-corrected chi connectivity index (χ4v) is 5.60. The van der Waals surface area contributed by atoms with Crippen LogP contribution in [0.4, 0.5) is 0 Å². The van der Waals surface area contributed by atoms with Gasteiger partial charge in [-0.25, -0.2) is 0 Å². The van der Waals surface area contributed by atoms with E-state index in [2.05, 4.69) is 35.7 Å². The minimum atomic E-state index is -0.962. The summed E-state index contributed by atoms with van der Waals surface area (Å²) in [6, 6.07) is 2.95. The maximum atomic E-state index is 3.97. The number of hydrogen-bond acceptors (Lipinski definition) is 0. The fraction of sp³-hybridized carbons (Fsp3) is 1.00. The summed E-state index contributed by atoms with van der Waals surface area (Å²) in [4.78, 5) is 0. The minimum Gasteiger partial charge on any atom is -0.126 e. The molecule has 0 N–H and O–H groups in total. The summed E-state index contributed by atoms with van der Waals surface area (Å²) in [5, 5.41) is 0. The van der Waals surface area contributed by atoms with Gasteiger partial charge in [-0.3, -0.25) is 0 Å². The molecule has 0 amide bonds. The molecule has 0 aliphatic heterocycles. The molecule has 2 heteroatoms. The van der Waals surface area contributed by atoms with Crippen LogP contribution in [0.15, 0.2) is 0 Å². The summed E-state index contributed by atoms with van der Waals surface area (Å²) in [5.74, 6) is 0. The van der Waals surface area contributed by atoms with E-state index in [0.717, 1.165) is 0 Å². The highest BCUT2D eigenvalue weighted by Crippen LogP contribution is 2.27. The molecule has 0 nitrogen and oxygen atoms in total. The Morgan fingerprint density at radius 3 is 1.92 bits per heavy atom. The zero-order valence-corrected chi connectivity index (χ0v) is 12.1. The van der Waals surface area contributed by atoms with Crippen molar-refractivity contribution in [3.05, 3.63) is 0 Å². The maximum Gasteiger partial charge on any atom is 0.127 e. The second-order valence-corrected chi connectivity index (χ2v) is 13.9. The third kappa shape index (κ3) is 9.01. The lowest BCUT2D eigenvalue weighted by Crippen LogP contribution is -2.20. The van der Waals surface area contributed by atoms with Crippen LogP contribution in [0.1, 0.15) is 52.4 Å². The number of hydrogen-bond donors (Lipinski definition) is 0. The molecule has 1 unspecified atom stereocenters. The molecule has 0 aromatic rings. The van der Waals surface area contributed by atoms with Crippen molar-refractivity contribution in [1.29, 1.82) is 0 Å². The zero-order valence-electron chi connectivity index (χ0n) is 9.53. The number of rotatable bonds is 8. The van der Waals surface area contributed by atoms with Gasteiger partial charge in [0.2, 0.25) is 0 Å². The van der Waals surface area contributed by atoms with Gasteiger partial charge in [-0.2, -0.15) is 0 Å². The zero-order chi connectivity index (χ0) is 10.2. The van der Waals surface area contributed by atoms with Crippen LogP contribution >= 0.6 is 15.3 Å². The Labute approximate surface area is 93.1 Å². The summed E-state index contributed by atoms with van der Waals surface area (Å²) < 4.78 is 0. The Morgan fingerprint density at radius 2 is 1.38 bits per heavy atom. The molecule has 0 radical (unpaired) electrons. The van der Waals surface area contributed by atoms with E-state index in [0.29, 0.717) is 0 Å². The Hall–Kier alpha value is 0.697. The highest BCUT2D eigenvalue weighted by molar-refractivity contribution is 9.26. The molecule has 0 spiro atoms. The molecule has 80 valence electrons. The van der Waals surface area contributed by atoms with Crippen LogP contribution in [0.2, 0.25) is 18.6 Å². The van der Waals surface area contributed by atoms with Gasteiger partial charge < -0.3 is 0 Å². The van der Waals surface area contributed by atoms with Gasteiger partial charge in [0.05, 0.1) is 0 Å². The molecule has 0 bridgehead atoms. The lowest BCUT2D eigenvalue weighted by Gasteiger charge is -2.19. The van der Waals surface area contributed by atoms with Gasteiger partial charge >= 0.3 is 0 Å². The molecule has 13 heavy (non-hydrogen) atoms. The van der Waals surface area contributed by atoms with E-state index in [1.807, 2.05) is 0 Å². The minimum absolute atomic E-state index is 0.962. The molecule has 1 atom stereocenters. The Kier molecular flexibility index (Phi) is 8.47. The van der Waals surface area contributed by atoms with E-state index in [1.54, 1.807) is 0 Å². The maximum absolute atomic E-state index is 3.97. The normalized spacial score (nSPS) is 15.7. The van der Waals surface area contributed by atoms with E-state index in [-0.39, 0.29) is 0 Å². The summed E-state index contributed by atoms with van der Waals surface area (Å²) in [6.07, 6.45) is 8.44. The monoisotopic (exact) mass is 264 g/mol. The first-order chi connectivity index (χ1) is 6.12. The highest BCUT2D eigenvalue weighted by Gasteiger charge is 2.21. The Balaban J connectivity index is 3.39. The SMILES string of the molecule is CCCCCC[Si](C)(Br)CCCC. The molecular formula is C11H25BrSi. The van der Waals surface area contributed by atoms with Gasteiger partial charge in [-0.15, -0.1) is 15.3 Å². The molecule has 0 aromatic heterocycles. The lowest BCUT2D eigenvalue weighted by atomic mass is 10.2. The van der Waals surface area contributed by atoms with Gasteiger partial charge in [0, 0.05) is 0 Å². The molecule has 0 heterocycles. The van der Waals surface area contributed by atoms with Gasteiger partial charge in [-0.1, -0.05) is 58.9 Å². The third-order valence-electron chi connectivity index (χ3n) is 2.60. The van der Waals surface area contributed by atoms with Crippen LogP contribution in [0, 0.1) is 0 Å². The standard InChI is InChI=1S/C11H25BrSi/c1-4-6-8-9-11-13(3,12)10-7-5-2/h4-11H2,1-3H3. The molecular weight excluding hydrogens is 240 g/mol.